The van der Waals surface area contributed by atoms with E-state index < -0.39 is 33.7 Å². The Bertz CT molecular complexity index is 1930. The fourth-order valence-electron chi connectivity index (χ4n) is 6.59. The van der Waals surface area contributed by atoms with Crippen LogP contribution in [0.5, 0.6) is 0 Å². The maximum atomic E-state index is 13.4. The maximum Gasteiger partial charge on any atom is 0.408 e. The number of hydrogen-bond donors (Lipinski definition) is 3. The summed E-state index contributed by atoms with van der Waals surface area (Å²) in [5.74, 6) is -1.37. The molecule has 284 valence electrons. The summed E-state index contributed by atoms with van der Waals surface area (Å²) in [6.07, 6.45) is 4.17. The highest BCUT2D eigenvalue weighted by molar-refractivity contribution is 7.89. The number of carbonyl (C=O) groups excluding carboxylic acids is 3. The number of rotatable bonds is 12. The van der Waals surface area contributed by atoms with E-state index in [9.17, 15) is 27.2 Å². The largest absolute Gasteiger partial charge is 0.459 e. The van der Waals surface area contributed by atoms with Crippen molar-refractivity contribution in [3.8, 4) is 0 Å². The lowest BCUT2D eigenvalue weighted by atomic mass is 9.85. The van der Waals surface area contributed by atoms with Gasteiger partial charge in [-0.05, 0) is 123 Å². The average molecular weight is 748 g/mol. The van der Waals surface area contributed by atoms with Crippen molar-refractivity contribution in [1.29, 1.82) is 0 Å². The fraction of sp³-hybridized carbons (Fsp3) is 0.439. The second kappa shape index (κ2) is 16.6. The van der Waals surface area contributed by atoms with Gasteiger partial charge < -0.3 is 20.1 Å². The summed E-state index contributed by atoms with van der Waals surface area (Å²) in [7, 11) is -3.78. The van der Waals surface area contributed by atoms with E-state index in [1.165, 1.54) is 12.1 Å². The molecule has 12 heteroatoms. The van der Waals surface area contributed by atoms with Crippen LogP contribution in [0, 0.1) is 17.7 Å². The molecule has 0 heterocycles. The number of alkyl carbamates (subject to hydrolysis) is 1. The number of esters is 1. The van der Waals surface area contributed by atoms with Crippen LogP contribution in [0.1, 0.15) is 101 Å². The van der Waals surface area contributed by atoms with E-state index in [1.54, 1.807) is 45.0 Å². The number of nitrogens with one attached hydrogen (secondary N) is 3. The molecule has 1 fully saturated rings. The van der Waals surface area contributed by atoms with Gasteiger partial charge in [0.05, 0.1) is 10.9 Å². The zero-order chi connectivity index (χ0) is 38.5. The molecule has 2 aliphatic carbocycles. The Morgan fingerprint density at radius 3 is 2.17 bits per heavy atom. The van der Waals surface area contributed by atoms with Gasteiger partial charge in [0.25, 0.3) is 0 Å². The van der Waals surface area contributed by atoms with Crippen LogP contribution in [0.15, 0.2) is 71.6 Å². The van der Waals surface area contributed by atoms with Gasteiger partial charge in [0.1, 0.15) is 24.1 Å². The molecule has 0 bridgehead atoms. The summed E-state index contributed by atoms with van der Waals surface area (Å²) >= 11 is 0. The molecular weight excluding hydrogens is 698 g/mol. The third-order valence-electron chi connectivity index (χ3n) is 9.58. The third kappa shape index (κ3) is 10.8. The van der Waals surface area contributed by atoms with Crippen LogP contribution in [0.2, 0.25) is 0 Å². The highest BCUT2D eigenvalue weighted by Crippen LogP contribution is 2.34. The van der Waals surface area contributed by atoms with Gasteiger partial charge in [-0.25, -0.2) is 27.1 Å². The molecule has 0 aliphatic heterocycles. The van der Waals surface area contributed by atoms with Crippen molar-refractivity contribution in [3.63, 3.8) is 0 Å². The summed E-state index contributed by atoms with van der Waals surface area (Å²) in [6, 6.07) is 17.5. The van der Waals surface area contributed by atoms with Crippen LogP contribution >= 0.6 is 0 Å². The van der Waals surface area contributed by atoms with Gasteiger partial charge in [-0.15, -0.1) is 0 Å². The standard InChI is InChI=1S/C41H50FN3O7S/c1-25(2)37(44-40(48)52-41(4,5)6)39(47)51-24-27-7-9-29(10-8-27)32-21-31-15-20-36(23-33(31)22-32)53(49,50)45-35-18-13-30(14-19-35)38(46)43-26(3)28-11-16-34(42)17-12-28/h7-12,15-17,20-21,23,25-26,30,35,37,45H,13-14,18-19,22,24H2,1-6H3,(H,43,46)(H,44,48)/t26-,30?,35?,37+/m1/s1. The molecule has 0 aromatic heterocycles. The van der Waals surface area contributed by atoms with Crippen molar-refractivity contribution in [2.24, 2.45) is 11.8 Å². The van der Waals surface area contributed by atoms with Gasteiger partial charge in [-0.3, -0.25) is 4.79 Å². The summed E-state index contributed by atoms with van der Waals surface area (Å²) in [6.45, 7) is 10.8. The van der Waals surface area contributed by atoms with Gasteiger partial charge in [0.2, 0.25) is 15.9 Å². The average Bonchev–Trinajstić information content (AvgIpc) is 3.53. The molecule has 5 rings (SSSR count). The van der Waals surface area contributed by atoms with E-state index in [0.29, 0.717) is 32.1 Å². The lowest BCUT2D eigenvalue weighted by Crippen LogP contribution is -2.47. The monoisotopic (exact) mass is 747 g/mol. The fourth-order valence-corrected chi connectivity index (χ4v) is 7.95. The number of ether oxygens (including phenoxy) is 2. The molecule has 53 heavy (non-hydrogen) atoms. The summed E-state index contributed by atoms with van der Waals surface area (Å²) in [5, 5.41) is 5.61. The lowest BCUT2D eigenvalue weighted by Gasteiger charge is -2.29. The van der Waals surface area contributed by atoms with Crippen molar-refractivity contribution in [2.45, 2.75) is 109 Å². The quantitative estimate of drug-likeness (QED) is 0.166. The molecule has 2 atom stereocenters. The molecule has 0 radical (unpaired) electrons. The predicted molar refractivity (Wildman–Crippen MR) is 201 cm³/mol. The first-order chi connectivity index (χ1) is 25.0. The van der Waals surface area contributed by atoms with E-state index in [4.69, 9.17) is 9.47 Å². The SMILES string of the molecule is CC(C)[C@H](NC(=O)OC(C)(C)C)C(=O)OCc1ccc(C2=Cc3ccc(S(=O)(=O)NC4CCC(C(=O)N[C@H](C)c5ccc(F)cc5)CC4)cc3C2)cc1. The lowest BCUT2D eigenvalue weighted by molar-refractivity contribution is -0.148. The zero-order valence-corrected chi connectivity index (χ0v) is 32.0. The molecule has 3 aromatic carbocycles. The number of fused-ring (bicyclic) bond motifs is 1. The minimum Gasteiger partial charge on any atom is -0.459 e. The van der Waals surface area contributed by atoms with E-state index in [0.717, 1.165) is 33.4 Å². The molecule has 0 spiro atoms. The summed E-state index contributed by atoms with van der Waals surface area (Å²) in [4.78, 5) is 38.2. The Kier molecular flexibility index (Phi) is 12.4. The van der Waals surface area contributed by atoms with Crippen LogP contribution in [-0.4, -0.2) is 44.1 Å². The van der Waals surface area contributed by atoms with Crippen molar-refractivity contribution < 1.29 is 36.7 Å². The second-order valence-corrected chi connectivity index (χ2v) is 17.0. The van der Waals surface area contributed by atoms with Crippen molar-refractivity contribution in [1.82, 2.24) is 15.4 Å². The third-order valence-corrected chi connectivity index (χ3v) is 11.1. The highest BCUT2D eigenvalue weighted by atomic mass is 32.2. The Morgan fingerprint density at radius 2 is 1.55 bits per heavy atom. The first kappa shape index (κ1) is 39.7. The number of halogens is 1. The molecule has 0 unspecified atom stereocenters. The van der Waals surface area contributed by atoms with E-state index in [2.05, 4.69) is 15.4 Å². The van der Waals surface area contributed by atoms with Crippen LogP contribution in [0.25, 0.3) is 11.6 Å². The maximum absolute atomic E-state index is 13.4. The Hall–Kier alpha value is -4.55. The first-order valence-electron chi connectivity index (χ1n) is 18.1. The second-order valence-electron chi connectivity index (χ2n) is 15.3. The molecule has 1 saturated carbocycles. The number of benzene rings is 3. The van der Waals surface area contributed by atoms with Crippen LogP contribution in [0.4, 0.5) is 9.18 Å². The number of amides is 2. The first-order valence-corrected chi connectivity index (χ1v) is 19.6. The molecule has 0 saturated heterocycles. The Balaban J connectivity index is 1.10. The Labute approximate surface area is 312 Å². The van der Waals surface area contributed by atoms with Crippen LogP contribution < -0.4 is 15.4 Å². The Morgan fingerprint density at radius 1 is 0.887 bits per heavy atom. The minimum atomic E-state index is -3.78. The zero-order valence-electron chi connectivity index (χ0n) is 31.2. The smallest absolute Gasteiger partial charge is 0.408 e. The molecule has 3 N–H and O–H groups in total. The van der Waals surface area contributed by atoms with Crippen LogP contribution in [0.3, 0.4) is 0 Å². The molecular formula is C41H50FN3O7S. The highest BCUT2D eigenvalue weighted by Gasteiger charge is 2.31. The summed E-state index contributed by atoms with van der Waals surface area (Å²) in [5.41, 5.74) is 4.79. The van der Waals surface area contributed by atoms with E-state index in [1.807, 2.05) is 57.2 Å². The summed E-state index contributed by atoms with van der Waals surface area (Å²) < 4.78 is 53.8. The molecule has 2 aliphatic rings. The van der Waals surface area contributed by atoms with Crippen molar-refractivity contribution in [3.05, 3.63) is 100 Å². The van der Waals surface area contributed by atoms with Gasteiger partial charge in [-0.2, -0.15) is 0 Å². The number of sulfonamides is 1. The van der Waals surface area contributed by atoms with Gasteiger partial charge in [0, 0.05) is 12.0 Å². The normalized spacial score (nSPS) is 18.4. The minimum absolute atomic E-state index is 0.0391. The van der Waals surface area contributed by atoms with E-state index in [-0.39, 0.29) is 47.1 Å². The predicted octanol–water partition coefficient (Wildman–Crippen LogP) is 7.23. The van der Waals surface area contributed by atoms with Gasteiger partial charge in [0.15, 0.2) is 0 Å². The molecule has 2 amide bonds. The van der Waals surface area contributed by atoms with Crippen molar-refractivity contribution in [2.75, 3.05) is 0 Å². The molecule has 10 nitrogen and oxygen atoms in total. The number of hydrogen-bond acceptors (Lipinski definition) is 7. The van der Waals surface area contributed by atoms with Crippen LogP contribution in [-0.2, 0) is 42.1 Å². The van der Waals surface area contributed by atoms with Crippen molar-refractivity contribution >= 4 is 39.6 Å². The topological polar surface area (TPSA) is 140 Å². The van der Waals surface area contributed by atoms with Gasteiger partial charge >= 0.3 is 12.1 Å². The van der Waals surface area contributed by atoms with E-state index >= 15 is 0 Å². The number of carbonyl (C=O) groups is 3. The number of allylic oxidation sites excluding steroid dienone is 1. The molecule has 3 aromatic rings. The van der Waals surface area contributed by atoms with Gasteiger partial charge in [-0.1, -0.05) is 62.4 Å².